The summed E-state index contributed by atoms with van der Waals surface area (Å²) in [5, 5.41) is -0.471. The van der Waals surface area contributed by atoms with Crippen molar-refractivity contribution in [1.82, 2.24) is 4.48 Å². The number of oxazole rings is 1. The molecule has 1 aromatic heterocycles. The fraction of sp³-hybridized carbons (Fsp3) is 0.324. The van der Waals surface area contributed by atoms with Gasteiger partial charge in [0.1, 0.15) is 5.69 Å². The number of nitrogens with zero attached hydrogens (tertiary/aromatic N) is 3. The van der Waals surface area contributed by atoms with Gasteiger partial charge < -0.3 is 4.42 Å². The third-order valence-electron chi connectivity index (χ3n) is 9.02. The van der Waals surface area contributed by atoms with Crippen molar-refractivity contribution >= 4 is 72.0 Å². The molecule has 0 radical (unpaired) electrons. The second-order valence-electron chi connectivity index (χ2n) is 12.1. The van der Waals surface area contributed by atoms with Crippen LogP contribution in [0.2, 0.25) is 10.0 Å². The molecule has 3 heterocycles. The van der Waals surface area contributed by atoms with E-state index < -0.39 is 25.6 Å². The summed E-state index contributed by atoms with van der Waals surface area (Å²) in [6.45, 7) is 3.46. The number of aromatic nitrogens is 1. The van der Waals surface area contributed by atoms with Crippen molar-refractivity contribution in [1.29, 1.82) is 0 Å². The fourth-order valence-corrected chi connectivity index (χ4v) is 9.17. The molecule has 10 nitrogen and oxygen atoms in total. The maximum absolute atomic E-state index is 12.9. The number of rotatable bonds is 11. The predicted octanol–water partition coefficient (Wildman–Crippen LogP) is 7.46. The van der Waals surface area contributed by atoms with Gasteiger partial charge in [-0.3, -0.25) is 14.0 Å². The van der Waals surface area contributed by atoms with E-state index >= 15 is 0 Å². The average Bonchev–Trinajstić information content (AvgIpc) is 3.70. The molecule has 1 spiro atoms. The molecule has 0 saturated carbocycles. The average molecular weight is 735 g/mol. The van der Waals surface area contributed by atoms with Gasteiger partial charge in [-0.1, -0.05) is 66.5 Å². The number of fused-ring (bicyclic) bond motifs is 3. The van der Waals surface area contributed by atoms with Gasteiger partial charge in [-0.25, -0.2) is 4.48 Å². The van der Waals surface area contributed by atoms with Gasteiger partial charge in [-0.2, -0.15) is 21.4 Å². The highest BCUT2D eigenvalue weighted by Gasteiger charge is 2.60. The van der Waals surface area contributed by atoms with Crippen LogP contribution in [0.15, 0.2) is 83.1 Å². The van der Waals surface area contributed by atoms with Crippen LogP contribution in [0.5, 0.6) is 0 Å². The van der Waals surface area contributed by atoms with E-state index in [1.165, 1.54) is 0 Å². The van der Waals surface area contributed by atoms with Crippen LogP contribution in [0.3, 0.4) is 0 Å². The lowest BCUT2D eigenvalue weighted by Gasteiger charge is -2.35. The van der Waals surface area contributed by atoms with E-state index in [1.54, 1.807) is 24.3 Å². The van der Waals surface area contributed by atoms with Gasteiger partial charge in [-0.15, -0.1) is 0 Å². The Morgan fingerprint density at radius 1 is 1.00 bits per heavy atom. The highest BCUT2D eigenvalue weighted by molar-refractivity contribution is 7.86. The summed E-state index contributed by atoms with van der Waals surface area (Å²) in [6, 6.07) is 19.3. The Labute approximate surface area is 290 Å². The third-order valence-corrected chi connectivity index (χ3v) is 11.8. The molecule has 1 saturated heterocycles. The Morgan fingerprint density at radius 3 is 2.46 bits per heavy atom. The molecule has 3 aromatic carbocycles. The highest BCUT2D eigenvalue weighted by atomic mass is 35.5. The number of unbranched alkanes of at least 4 members (excludes halogenated alkanes) is 1. The molecule has 48 heavy (non-hydrogen) atoms. The Morgan fingerprint density at radius 2 is 1.75 bits per heavy atom. The molecule has 2 N–H and O–H groups in total. The molecule has 14 heteroatoms. The normalized spacial score (nSPS) is 20.6. The van der Waals surface area contributed by atoms with Crippen LogP contribution in [-0.2, 0) is 26.8 Å². The SMILES string of the molecule is CCCN1C(=CC=Cc2oc3ccc(-c4ccccc4)cc3[n+]2CCCCS(=O)(=O)O)[N+]2(CCCC2S(=O)(=O)O)c2cc(Cl)c(Cl)cc21. The van der Waals surface area contributed by atoms with Crippen molar-refractivity contribution < 1.29 is 34.9 Å². The molecule has 6 rings (SSSR count). The molecular formula is C34H37Cl2N3O7S2+2. The van der Waals surface area contributed by atoms with Gasteiger partial charge in [0, 0.05) is 44.0 Å². The van der Waals surface area contributed by atoms with Crippen molar-refractivity contribution in [3.63, 3.8) is 0 Å². The van der Waals surface area contributed by atoms with Crippen LogP contribution >= 0.6 is 23.2 Å². The number of hydrogen-bond acceptors (Lipinski definition) is 6. The van der Waals surface area contributed by atoms with Crippen LogP contribution in [0.25, 0.3) is 28.3 Å². The van der Waals surface area contributed by atoms with E-state index in [1.807, 2.05) is 71.0 Å². The van der Waals surface area contributed by atoms with Crippen LogP contribution < -0.4 is 14.0 Å². The Bertz CT molecular complexity index is 2130. The molecular weight excluding hydrogens is 697 g/mol. The lowest BCUT2D eigenvalue weighted by Crippen LogP contribution is -2.55. The van der Waals surface area contributed by atoms with Crippen molar-refractivity contribution in [2.45, 2.75) is 50.9 Å². The standard InChI is InChI=1S/C34H35Cl2N3O7S2/c1-2-17-37-28-22-26(35)27(36)23-30(28)39(19-9-14-34(39)48(43,44)45)32(37)12-8-13-33-38(18-6-7-20-47(40,41)42)29-21-25(15-16-31(29)46-33)24-10-4-3-5-11-24/h3-5,8,10-13,15-16,21-23,34H,2,6-7,9,14,17-20H2,1H3/p+2. The smallest absolute Gasteiger partial charge is 0.374 e. The first-order valence-corrected chi connectivity index (χ1v) is 19.7. The van der Waals surface area contributed by atoms with Crippen molar-refractivity contribution in [2.75, 3.05) is 23.7 Å². The van der Waals surface area contributed by atoms with Crippen molar-refractivity contribution in [3.8, 4) is 11.1 Å². The van der Waals surface area contributed by atoms with Crippen LogP contribution in [0, 0.1) is 0 Å². The summed E-state index contributed by atoms with van der Waals surface area (Å²) in [5.74, 6) is 0.831. The third kappa shape index (κ3) is 6.67. The summed E-state index contributed by atoms with van der Waals surface area (Å²) < 4.78 is 76.3. The highest BCUT2D eigenvalue weighted by Crippen LogP contribution is 2.55. The molecule has 0 bridgehead atoms. The quantitative estimate of drug-likeness (QED) is 0.0704. The zero-order chi connectivity index (χ0) is 34.3. The largest absolute Gasteiger partial charge is 0.398 e. The maximum atomic E-state index is 12.9. The fourth-order valence-electron chi connectivity index (χ4n) is 7.04. The number of benzene rings is 3. The summed E-state index contributed by atoms with van der Waals surface area (Å²) in [7, 11) is -8.55. The molecule has 0 aliphatic carbocycles. The van der Waals surface area contributed by atoms with E-state index in [2.05, 4.69) is 0 Å². The zero-order valence-corrected chi connectivity index (χ0v) is 29.4. The Balaban J connectivity index is 1.45. The molecule has 2 aliphatic rings. The molecule has 2 atom stereocenters. The van der Waals surface area contributed by atoms with Gasteiger partial charge in [0.05, 0.1) is 28.4 Å². The van der Waals surface area contributed by atoms with E-state index in [-0.39, 0.29) is 23.1 Å². The molecule has 0 amide bonds. The van der Waals surface area contributed by atoms with Gasteiger partial charge >= 0.3 is 16.0 Å². The first-order valence-electron chi connectivity index (χ1n) is 15.8. The minimum atomic E-state index is -4.46. The lowest BCUT2D eigenvalue weighted by atomic mass is 10.1. The van der Waals surface area contributed by atoms with E-state index in [0.29, 0.717) is 65.5 Å². The molecule has 2 aliphatic heterocycles. The minimum absolute atomic E-state index is 0.106. The monoisotopic (exact) mass is 733 g/mol. The first kappa shape index (κ1) is 34.6. The van der Waals surface area contributed by atoms with Crippen LogP contribution in [0.4, 0.5) is 11.4 Å². The van der Waals surface area contributed by atoms with Gasteiger partial charge in [0.2, 0.25) is 16.8 Å². The van der Waals surface area contributed by atoms with Gasteiger partial charge in [0.15, 0.2) is 12.2 Å². The van der Waals surface area contributed by atoms with E-state index in [0.717, 1.165) is 28.8 Å². The van der Waals surface area contributed by atoms with Gasteiger partial charge in [0.25, 0.3) is 15.6 Å². The van der Waals surface area contributed by atoms with Crippen molar-refractivity contribution in [3.05, 3.63) is 94.6 Å². The number of allylic oxidation sites excluding steroid dienone is 2. The summed E-state index contributed by atoms with van der Waals surface area (Å²) in [5.41, 5.74) is 4.88. The Hall–Kier alpha value is -3.23. The second-order valence-corrected chi connectivity index (χ2v) is 16.1. The molecule has 1 fully saturated rings. The number of hydrogen-bond donors (Lipinski definition) is 2. The predicted molar refractivity (Wildman–Crippen MR) is 190 cm³/mol. The van der Waals surface area contributed by atoms with Crippen LogP contribution in [-0.4, -0.2) is 50.2 Å². The van der Waals surface area contributed by atoms with Crippen LogP contribution in [0.1, 0.15) is 44.9 Å². The summed E-state index contributed by atoms with van der Waals surface area (Å²) >= 11 is 13.0. The van der Waals surface area contributed by atoms with E-state index in [9.17, 15) is 25.9 Å². The van der Waals surface area contributed by atoms with E-state index in [4.69, 9.17) is 27.6 Å². The number of quaternary nitrogens is 1. The molecule has 2 unspecified atom stereocenters. The number of anilines is 1. The summed E-state index contributed by atoms with van der Waals surface area (Å²) in [4.78, 5) is 2.04. The number of halogens is 2. The lowest BCUT2D eigenvalue weighted by molar-refractivity contribution is -0.678. The van der Waals surface area contributed by atoms with Crippen molar-refractivity contribution in [2.24, 2.45) is 0 Å². The molecule has 254 valence electrons. The zero-order valence-electron chi connectivity index (χ0n) is 26.3. The topological polar surface area (TPSA) is 129 Å². The molecule has 4 aromatic rings. The first-order chi connectivity index (χ1) is 22.8. The maximum Gasteiger partial charge on any atom is 0.374 e. The number of aryl methyl sites for hydroxylation is 1. The Kier molecular flexibility index (Phi) is 9.80. The van der Waals surface area contributed by atoms with Gasteiger partial charge in [-0.05, 0) is 42.2 Å². The second kappa shape index (κ2) is 13.6. The summed E-state index contributed by atoms with van der Waals surface area (Å²) in [6.07, 6.45) is 7.78. The minimum Gasteiger partial charge on any atom is -0.398 e.